The van der Waals surface area contributed by atoms with Crippen LogP contribution in [0, 0.1) is 89.0 Å². The lowest BCUT2D eigenvalue weighted by atomic mass is 9.70. The van der Waals surface area contributed by atoms with E-state index < -0.39 is 0 Å². The van der Waals surface area contributed by atoms with Crippen LogP contribution in [0.5, 0.6) is 0 Å². The minimum Gasteiger partial charge on any atom is -0.310 e. The summed E-state index contributed by atoms with van der Waals surface area (Å²) in [4.78, 5) is 7.49. The third kappa shape index (κ3) is 10.6. The van der Waals surface area contributed by atoms with Gasteiger partial charge in [0.2, 0.25) is 0 Å². The lowest BCUT2D eigenvalue weighted by Gasteiger charge is -2.33. The van der Waals surface area contributed by atoms with Gasteiger partial charge in [0.25, 0.3) is 0 Å². The van der Waals surface area contributed by atoms with Crippen molar-refractivity contribution in [3.63, 3.8) is 0 Å². The highest BCUT2D eigenvalue weighted by Crippen LogP contribution is 2.62. The van der Waals surface area contributed by atoms with Gasteiger partial charge in [0.05, 0.1) is 17.1 Å². The molecule has 0 saturated carbocycles. The number of benzene rings is 12. The number of fused-ring (bicyclic) bond motifs is 13. The topological polar surface area (TPSA) is 9.72 Å². The molecule has 0 fully saturated rings. The number of hydrogen-bond donors (Lipinski definition) is 0. The van der Waals surface area contributed by atoms with Gasteiger partial charge in [0, 0.05) is 61.4 Å². The van der Waals surface area contributed by atoms with Crippen molar-refractivity contribution < 1.29 is 0 Å². The van der Waals surface area contributed by atoms with Gasteiger partial charge in [-0.2, -0.15) is 0 Å². The molecular weight excluding hydrogens is 1170 g/mol. The maximum atomic E-state index is 2.66. The van der Waals surface area contributed by atoms with E-state index in [4.69, 9.17) is 0 Å². The predicted octanol–water partition coefficient (Wildman–Crippen LogP) is 24.6. The largest absolute Gasteiger partial charge is 0.310 e. The number of hydrogen-bond acceptors (Lipinski definition) is 3. The van der Waals surface area contributed by atoms with Gasteiger partial charge in [0.1, 0.15) is 0 Å². The molecule has 97 heavy (non-hydrogen) atoms. The van der Waals surface area contributed by atoms with Crippen LogP contribution in [0.15, 0.2) is 218 Å². The summed E-state index contributed by atoms with van der Waals surface area (Å²) in [5.41, 5.74) is 35.1. The summed E-state index contributed by atoms with van der Waals surface area (Å²) in [5.74, 6) is 0.854. The third-order valence-corrected chi connectivity index (χ3v) is 22.7. The highest BCUT2D eigenvalue weighted by Gasteiger charge is 2.50. The van der Waals surface area contributed by atoms with E-state index in [1.807, 2.05) is 0 Å². The molecule has 0 saturated heterocycles. The summed E-state index contributed by atoms with van der Waals surface area (Å²) in [6.07, 6.45) is 12.3. The smallest absolute Gasteiger partial charge is 0.0546 e. The molecule has 4 aliphatic rings. The van der Waals surface area contributed by atoms with Crippen LogP contribution < -0.4 is 25.1 Å². The SMILES string of the molecule is Cc1cc(C)cc(N(c2ccc(C)cc2C)c2cc3c(c4ccccc24)C2=CC4C(C=C2C3(C)C)c2ccccc2C4(C)C)c1.Cc1ccc(N(c2ccc(C)c(C)c2)c2cc3c(cc(N(c4ccc(C)c(C)c4)c4ccc(C)c(C)c4)c4ccccc43)c3c2=CCCC=3)cc1C. The molecule has 4 aliphatic carbocycles. The van der Waals surface area contributed by atoms with Crippen molar-refractivity contribution in [3.05, 3.63) is 317 Å². The van der Waals surface area contributed by atoms with Crippen LogP contribution in [-0.2, 0) is 10.8 Å². The zero-order chi connectivity index (χ0) is 67.7. The Kier molecular flexibility index (Phi) is 15.6. The maximum absolute atomic E-state index is 2.66. The molecule has 0 aromatic heterocycles. The van der Waals surface area contributed by atoms with E-state index in [1.165, 1.54) is 194 Å². The van der Waals surface area contributed by atoms with Crippen LogP contribution in [0.2, 0.25) is 0 Å². The van der Waals surface area contributed by atoms with Crippen molar-refractivity contribution in [1.29, 1.82) is 0 Å². The monoisotopic (exact) mass is 1260 g/mol. The molecule has 0 aliphatic heterocycles. The number of aryl methyl sites for hydroxylation is 12. The van der Waals surface area contributed by atoms with Gasteiger partial charge in [-0.15, -0.1) is 0 Å². The Bertz CT molecular complexity index is 5350. The van der Waals surface area contributed by atoms with Crippen LogP contribution in [0.1, 0.15) is 135 Å². The first-order valence-electron chi connectivity index (χ1n) is 35.2. The Morgan fingerprint density at radius 2 is 0.804 bits per heavy atom. The number of rotatable bonds is 9. The molecule has 0 spiro atoms. The molecule has 0 radical (unpaired) electrons. The van der Waals surface area contributed by atoms with Gasteiger partial charge in [-0.25, -0.2) is 0 Å². The molecular formula is C94H91N3. The van der Waals surface area contributed by atoms with Crippen LogP contribution in [0.25, 0.3) is 50.0 Å². The first-order chi connectivity index (χ1) is 46.5. The second-order valence-electron chi connectivity index (χ2n) is 30.0. The first-order valence-corrected chi connectivity index (χ1v) is 35.2. The quantitative estimate of drug-likeness (QED) is 0.133. The fourth-order valence-corrected chi connectivity index (χ4v) is 16.8. The van der Waals surface area contributed by atoms with Crippen LogP contribution >= 0.6 is 0 Å². The van der Waals surface area contributed by atoms with Gasteiger partial charge in [-0.1, -0.05) is 173 Å². The van der Waals surface area contributed by atoms with Gasteiger partial charge in [-0.05, 0) is 314 Å². The van der Waals surface area contributed by atoms with Crippen LogP contribution in [0.3, 0.4) is 0 Å². The second-order valence-corrected chi connectivity index (χ2v) is 30.0. The maximum Gasteiger partial charge on any atom is 0.0546 e. The molecule has 2 atom stereocenters. The summed E-state index contributed by atoms with van der Waals surface area (Å²) >= 11 is 0. The average Bonchev–Trinajstić information content (AvgIpc) is 1.63. The van der Waals surface area contributed by atoms with Crippen molar-refractivity contribution in [1.82, 2.24) is 0 Å². The van der Waals surface area contributed by atoms with E-state index in [1.54, 1.807) is 0 Å². The number of allylic oxidation sites excluding steroid dienone is 4. The van der Waals surface area contributed by atoms with Gasteiger partial charge < -0.3 is 14.7 Å². The zero-order valence-corrected chi connectivity index (χ0v) is 59.8. The average molecular weight is 1260 g/mol. The van der Waals surface area contributed by atoms with E-state index in [0.29, 0.717) is 11.8 Å². The van der Waals surface area contributed by atoms with Crippen molar-refractivity contribution in [2.75, 3.05) is 14.7 Å². The molecule has 0 N–H and O–H groups in total. The molecule has 2 unspecified atom stereocenters. The lowest BCUT2D eigenvalue weighted by molar-refractivity contribution is 0.393. The fourth-order valence-electron chi connectivity index (χ4n) is 16.8. The highest BCUT2D eigenvalue weighted by molar-refractivity contribution is 6.16. The Morgan fingerprint density at radius 1 is 0.320 bits per heavy atom. The Balaban J connectivity index is 0.000000160. The standard InChI is InChI=1S/C50H48N2.C44H43N/c1-31-17-21-39(25-35(31)5)51(40-22-18-32(2)36(6)26-40)49-29-47-44-14-10-12-16-46(44)50(30-48(47)43-13-9-11-15-45(43)49)52(41-23-19-33(3)37(7)27-41)42-24-20-34(4)38(8)28-42;1-26-17-18-40(29(4)20-26)45(30-21-27(2)19-28(3)22-30)41-25-39-42(33-15-10-9-14-32(33)41)35-24-37-34(23-38(35)44(39,7)8)31-13-11-12-16-36(31)43(37,5)6/h9,11,13-30H,10,12H2,1-8H3;9-25,34,37H,1-8H3. The minimum absolute atomic E-state index is 0.0850. The second kappa shape index (κ2) is 24.0. The molecule has 482 valence electrons. The molecule has 0 heterocycles. The van der Waals surface area contributed by atoms with Crippen LogP contribution in [0.4, 0.5) is 51.2 Å². The molecule has 12 aromatic rings. The van der Waals surface area contributed by atoms with Gasteiger partial charge in [-0.3, -0.25) is 0 Å². The van der Waals surface area contributed by atoms with E-state index in [9.17, 15) is 0 Å². The molecule has 12 aromatic carbocycles. The third-order valence-electron chi connectivity index (χ3n) is 22.7. The summed E-state index contributed by atoms with van der Waals surface area (Å²) in [6.45, 7) is 36.3. The zero-order valence-electron chi connectivity index (χ0n) is 59.8. The number of nitrogens with zero attached hydrogens (tertiary/aromatic N) is 3. The Labute approximate surface area is 576 Å². The van der Waals surface area contributed by atoms with Crippen molar-refractivity contribution in [3.8, 4) is 0 Å². The summed E-state index contributed by atoms with van der Waals surface area (Å²) in [6, 6.07) is 76.1. The first kappa shape index (κ1) is 63.1. The fraction of sp³-hybridized carbons (Fsp3) is 0.234. The normalized spacial score (nSPS) is 16.0. The molecule has 3 nitrogen and oxygen atoms in total. The Morgan fingerprint density at radius 3 is 1.36 bits per heavy atom. The predicted molar refractivity (Wildman–Crippen MR) is 418 cm³/mol. The number of anilines is 9. The van der Waals surface area contributed by atoms with E-state index in [0.717, 1.165) is 12.8 Å². The Hall–Kier alpha value is -9.96. The molecule has 16 rings (SSSR count). The molecule has 0 bridgehead atoms. The van der Waals surface area contributed by atoms with E-state index in [-0.39, 0.29) is 10.8 Å². The van der Waals surface area contributed by atoms with Gasteiger partial charge in [0.15, 0.2) is 0 Å². The van der Waals surface area contributed by atoms with Crippen LogP contribution in [-0.4, -0.2) is 0 Å². The van der Waals surface area contributed by atoms with Crippen molar-refractivity contribution >= 4 is 101 Å². The van der Waals surface area contributed by atoms with Crippen molar-refractivity contribution in [2.24, 2.45) is 5.92 Å². The highest BCUT2D eigenvalue weighted by atomic mass is 15.2. The van der Waals surface area contributed by atoms with E-state index >= 15 is 0 Å². The van der Waals surface area contributed by atoms with E-state index in [2.05, 4.69) is 350 Å². The van der Waals surface area contributed by atoms with Gasteiger partial charge >= 0.3 is 0 Å². The summed E-state index contributed by atoms with van der Waals surface area (Å²) < 4.78 is 0. The minimum atomic E-state index is -0.122. The summed E-state index contributed by atoms with van der Waals surface area (Å²) in [5, 5.41) is 10.3. The molecule has 3 heteroatoms. The molecule has 0 amide bonds. The summed E-state index contributed by atoms with van der Waals surface area (Å²) in [7, 11) is 0. The lowest BCUT2D eigenvalue weighted by Crippen LogP contribution is -2.33. The van der Waals surface area contributed by atoms with Crippen molar-refractivity contribution in [2.45, 2.75) is 140 Å².